The summed E-state index contributed by atoms with van der Waals surface area (Å²) in [5, 5.41) is 0. The van der Waals surface area contributed by atoms with Crippen LogP contribution in [0.3, 0.4) is 0 Å². The molecule has 0 aromatic carbocycles. The summed E-state index contributed by atoms with van der Waals surface area (Å²) < 4.78 is 4.92. The number of anilines is 1. The Balaban J connectivity index is 2.02. The Kier molecular flexibility index (Phi) is 4.49. The van der Waals surface area contributed by atoms with Crippen LogP contribution in [-0.4, -0.2) is 37.8 Å². The summed E-state index contributed by atoms with van der Waals surface area (Å²) in [6.07, 6.45) is 5.92. The highest BCUT2D eigenvalue weighted by atomic mass is 16.2. The molecular weight excluding hydrogens is 356 g/mol. The first kappa shape index (κ1) is 19.0. The molecule has 2 aliphatic rings. The van der Waals surface area contributed by atoms with Crippen molar-refractivity contribution >= 4 is 17.1 Å². The number of piperidine rings is 1. The molecule has 1 aliphatic heterocycles. The van der Waals surface area contributed by atoms with Crippen LogP contribution in [0.4, 0.5) is 5.95 Å². The number of nitrogens with two attached hydrogens (primary N) is 1. The molecule has 1 saturated carbocycles. The zero-order valence-electron chi connectivity index (χ0n) is 17.2. The van der Waals surface area contributed by atoms with Gasteiger partial charge in [0.25, 0.3) is 5.56 Å². The fourth-order valence-corrected chi connectivity index (χ4v) is 4.05. The highest BCUT2D eigenvalue weighted by Gasteiger charge is 2.43. The molecule has 8 heteroatoms. The maximum atomic E-state index is 13.1. The van der Waals surface area contributed by atoms with Crippen molar-refractivity contribution in [3.63, 3.8) is 0 Å². The maximum absolute atomic E-state index is 13.1. The second kappa shape index (κ2) is 6.62. The number of fused-ring (bicyclic) bond motifs is 1. The summed E-state index contributed by atoms with van der Waals surface area (Å²) in [6.45, 7) is 8.24. The molecule has 2 aromatic rings. The third-order valence-electron chi connectivity index (χ3n) is 6.06. The van der Waals surface area contributed by atoms with Crippen LogP contribution in [0.25, 0.3) is 11.2 Å². The lowest BCUT2D eigenvalue weighted by Crippen LogP contribution is -2.44. The number of hydrogen-bond acceptors (Lipinski definition) is 5. The van der Waals surface area contributed by atoms with E-state index >= 15 is 0 Å². The molecule has 1 saturated heterocycles. The zero-order valence-corrected chi connectivity index (χ0v) is 17.2. The minimum absolute atomic E-state index is 0.0939. The predicted octanol–water partition coefficient (Wildman–Crippen LogP) is 1.30. The minimum atomic E-state index is -0.289. The Hall–Kier alpha value is -2.35. The maximum Gasteiger partial charge on any atom is 0.332 e. The number of aromatic nitrogens is 4. The molecule has 2 aromatic heterocycles. The summed E-state index contributed by atoms with van der Waals surface area (Å²) in [5.41, 5.74) is 7.55. The van der Waals surface area contributed by atoms with E-state index in [1.807, 2.05) is 18.4 Å². The fourth-order valence-electron chi connectivity index (χ4n) is 4.05. The topological polar surface area (TPSA) is 91.1 Å². The molecule has 0 bridgehead atoms. The lowest BCUT2D eigenvalue weighted by molar-refractivity contribution is 0.493. The van der Waals surface area contributed by atoms with E-state index in [1.54, 1.807) is 11.6 Å². The molecule has 4 rings (SSSR count). The van der Waals surface area contributed by atoms with Gasteiger partial charge in [-0.3, -0.25) is 13.9 Å². The Bertz CT molecular complexity index is 1070. The predicted molar refractivity (Wildman–Crippen MR) is 111 cm³/mol. The van der Waals surface area contributed by atoms with E-state index in [1.165, 1.54) is 10.1 Å². The van der Waals surface area contributed by atoms with Crippen LogP contribution < -0.4 is 21.9 Å². The first-order valence-electron chi connectivity index (χ1n) is 10.1. The van der Waals surface area contributed by atoms with E-state index in [-0.39, 0.29) is 22.8 Å². The van der Waals surface area contributed by atoms with Gasteiger partial charge >= 0.3 is 5.69 Å². The van der Waals surface area contributed by atoms with E-state index in [9.17, 15) is 9.59 Å². The van der Waals surface area contributed by atoms with Crippen molar-refractivity contribution in [2.45, 2.75) is 64.6 Å². The van der Waals surface area contributed by atoms with Gasteiger partial charge in [0.2, 0.25) is 5.95 Å². The van der Waals surface area contributed by atoms with Crippen molar-refractivity contribution in [2.75, 3.05) is 18.0 Å². The summed E-state index contributed by atoms with van der Waals surface area (Å²) in [5.74, 6) is 0.739. The standard InChI is InChI=1S/C20H30N6O2/c1-13(2)7-11-25-15-16(22-18(25)24-10-5-6-14(21)12-24)26(20(3)8-9-20)19(28)23(4)17(15)27/h7,14H,5-6,8-12,21H2,1-4H3. The average Bonchev–Trinajstić information content (AvgIpc) is 3.26. The third kappa shape index (κ3) is 2.99. The van der Waals surface area contributed by atoms with Crippen molar-refractivity contribution in [1.29, 1.82) is 0 Å². The van der Waals surface area contributed by atoms with E-state index < -0.39 is 0 Å². The second-order valence-corrected chi connectivity index (χ2v) is 8.80. The summed E-state index contributed by atoms with van der Waals surface area (Å²) in [7, 11) is 1.56. The molecule has 0 amide bonds. The monoisotopic (exact) mass is 386 g/mol. The molecule has 8 nitrogen and oxygen atoms in total. The third-order valence-corrected chi connectivity index (χ3v) is 6.06. The van der Waals surface area contributed by atoms with Crippen LogP contribution >= 0.6 is 0 Å². The zero-order chi connectivity index (χ0) is 20.2. The van der Waals surface area contributed by atoms with E-state index in [2.05, 4.69) is 17.9 Å². The van der Waals surface area contributed by atoms with Crippen molar-refractivity contribution in [3.8, 4) is 0 Å². The van der Waals surface area contributed by atoms with Gasteiger partial charge < -0.3 is 15.2 Å². The minimum Gasteiger partial charge on any atom is -0.341 e. The van der Waals surface area contributed by atoms with Crippen LogP contribution in [0.2, 0.25) is 0 Å². The van der Waals surface area contributed by atoms with Gasteiger partial charge in [0.1, 0.15) is 0 Å². The van der Waals surface area contributed by atoms with Gasteiger partial charge in [0.05, 0.1) is 0 Å². The number of allylic oxidation sites excluding steroid dienone is 2. The lowest BCUT2D eigenvalue weighted by Gasteiger charge is -2.31. The molecule has 28 heavy (non-hydrogen) atoms. The molecule has 152 valence electrons. The Morgan fingerprint density at radius 2 is 2.04 bits per heavy atom. The summed E-state index contributed by atoms with van der Waals surface area (Å²) in [6, 6.07) is 0.0939. The smallest absolute Gasteiger partial charge is 0.332 e. The molecule has 3 heterocycles. The van der Waals surface area contributed by atoms with Crippen LogP contribution in [0.1, 0.15) is 46.5 Å². The van der Waals surface area contributed by atoms with E-state index in [0.29, 0.717) is 24.3 Å². The first-order valence-corrected chi connectivity index (χ1v) is 10.1. The van der Waals surface area contributed by atoms with Gasteiger partial charge in [-0.1, -0.05) is 11.6 Å². The van der Waals surface area contributed by atoms with Crippen LogP contribution in [0, 0.1) is 0 Å². The first-order chi connectivity index (χ1) is 13.2. The number of rotatable bonds is 4. The van der Waals surface area contributed by atoms with Crippen LogP contribution in [0.15, 0.2) is 21.2 Å². The van der Waals surface area contributed by atoms with Gasteiger partial charge in [-0.25, -0.2) is 4.79 Å². The number of imidazole rings is 1. The molecule has 2 N–H and O–H groups in total. The summed E-state index contributed by atoms with van der Waals surface area (Å²) in [4.78, 5) is 33.1. The molecule has 1 unspecified atom stereocenters. The van der Waals surface area contributed by atoms with Crippen molar-refractivity contribution < 1.29 is 0 Å². The van der Waals surface area contributed by atoms with Gasteiger partial charge in [-0.15, -0.1) is 0 Å². The van der Waals surface area contributed by atoms with Crippen LogP contribution in [0.5, 0.6) is 0 Å². The molecule has 1 aliphatic carbocycles. The SMILES string of the molecule is CC(C)=CCn1c(N2CCCC(N)C2)nc2c1c(=O)n(C)c(=O)n2C1(C)CC1. The molecule has 0 radical (unpaired) electrons. The van der Waals surface area contributed by atoms with Gasteiger partial charge in [-0.05, 0) is 46.5 Å². The lowest BCUT2D eigenvalue weighted by atomic mass is 10.1. The van der Waals surface area contributed by atoms with Crippen LogP contribution in [-0.2, 0) is 19.1 Å². The van der Waals surface area contributed by atoms with Gasteiger partial charge in [-0.2, -0.15) is 4.98 Å². The summed E-state index contributed by atoms with van der Waals surface area (Å²) >= 11 is 0. The molecular formula is C20H30N6O2. The Morgan fingerprint density at radius 1 is 1.32 bits per heavy atom. The largest absolute Gasteiger partial charge is 0.341 e. The van der Waals surface area contributed by atoms with Crippen molar-refractivity contribution in [1.82, 2.24) is 18.7 Å². The van der Waals surface area contributed by atoms with Gasteiger partial charge in [0.15, 0.2) is 11.2 Å². The van der Waals surface area contributed by atoms with Crippen molar-refractivity contribution in [2.24, 2.45) is 12.8 Å². The van der Waals surface area contributed by atoms with Crippen molar-refractivity contribution in [3.05, 3.63) is 32.5 Å². The van der Waals surface area contributed by atoms with E-state index in [0.717, 1.165) is 38.2 Å². The second-order valence-electron chi connectivity index (χ2n) is 8.80. The van der Waals surface area contributed by atoms with Gasteiger partial charge in [0, 0.05) is 38.3 Å². The average molecular weight is 387 g/mol. The number of hydrogen-bond donors (Lipinski definition) is 1. The highest BCUT2D eigenvalue weighted by Crippen LogP contribution is 2.43. The highest BCUT2D eigenvalue weighted by molar-refractivity contribution is 5.75. The fraction of sp³-hybridized carbons (Fsp3) is 0.650. The Labute approximate surface area is 164 Å². The quantitative estimate of drug-likeness (QED) is 0.800. The van der Waals surface area contributed by atoms with E-state index in [4.69, 9.17) is 10.7 Å². The molecule has 0 spiro atoms. The molecule has 1 atom stereocenters. The normalized spacial score (nSPS) is 21.2. The Morgan fingerprint density at radius 3 is 2.64 bits per heavy atom. The molecule has 2 fully saturated rings. The number of nitrogens with zero attached hydrogens (tertiary/aromatic N) is 5.